The lowest BCUT2D eigenvalue weighted by Gasteiger charge is -2.29. The van der Waals surface area contributed by atoms with Crippen molar-refractivity contribution in [2.24, 2.45) is 0 Å². The van der Waals surface area contributed by atoms with Crippen molar-refractivity contribution in [3.8, 4) is 11.6 Å². The summed E-state index contributed by atoms with van der Waals surface area (Å²) in [5.41, 5.74) is 0.231. The third-order valence-corrected chi connectivity index (χ3v) is 7.41. The van der Waals surface area contributed by atoms with Crippen LogP contribution in [0.2, 0.25) is 5.02 Å². The van der Waals surface area contributed by atoms with E-state index in [2.05, 4.69) is 10.3 Å². The van der Waals surface area contributed by atoms with Crippen LogP contribution in [0.1, 0.15) is 11.3 Å². The second kappa shape index (κ2) is 8.87. The maximum Gasteiger partial charge on any atom is 0.318 e. The van der Waals surface area contributed by atoms with Gasteiger partial charge in [-0.15, -0.1) is 0 Å². The molecule has 0 radical (unpaired) electrons. The molecule has 0 spiro atoms. The van der Waals surface area contributed by atoms with Gasteiger partial charge in [-0.25, -0.2) is 22.9 Å². The average Bonchev–Trinajstić information content (AvgIpc) is 3.00. The number of nitrogens with one attached hydrogen (secondary N) is 2. The van der Waals surface area contributed by atoms with Gasteiger partial charge in [0.15, 0.2) is 11.6 Å². The Labute approximate surface area is 199 Å². The minimum Gasteiger partial charge on any atom is -0.434 e. The van der Waals surface area contributed by atoms with Gasteiger partial charge in [-0.1, -0.05) is 23.7 Å². The Bertz CT molecular complexity index is 1230. The number of carbonyl (C=O) groups is 1. The number of hydrogen-bond donors (Lipinski definition) is 2. The van der Waals surface area contributed by atoms with Gasteiger partial charge in [-0.2, -0.15) is 17.4 Å². The monoisotopic (exact) mass is 519 g/mol. The van der Waals surface area contributed by atoms with E-state index in [0.717, 1.165) is 9.21 Å². The molecule has 4 rings (SSSR count). The van der Waals surface area contributed by atoms with Gasteiger partial charge >= 0.3 is 6.03 Å². The molecule has 2 amide bonds. The number of benzene rings is 1. The highest BCUT2D eigenvalue weighted by Crippen LogP contribution is 2.37. The van der Waals surface area contributed by atoms with E-state index in [1.807, 2.05) is 4.72 Å². The lowest BCUT2D eigenvalue weighted by atomic mass is 9.98. The molecule has 2 aliphatic rings. The predicted octanol–water partition coefficient (Wildman–Crippen LogP) is 2.52. The van der Waals surface area contributed by atoms with Crippen molar-refractivity contribution >= 4 is 27.8 Å². The van der Waals surface area contributed by atoms with Crippen LogP contribution < -0.4 is 14.8 Å². The van der Waals surface area contributed by atoms with E-state index >= 15 is 13.2 Å². The summed E-state index contributed by atoms with van der Waals surface area (Å²) in [6.07, 6.45) is -0.411. The molecule has 1 aromatic carbocycles. The summed E-state index contributed by atoms with van der Waals surface area (Å²) in [6.45, 7) is -1.23. The van der Waals surface area contributed by atoms with Crippen LogP contribution in [0.15, 0.2) is 30.3 Å². The van der Waals surface area contributed by atoms with Crippen LogP contribution in [0.5, 0.6) is 11.6 Å². The average molecular weight is 520 g/mol. The first-order chi connectivity index (χ1) is 15.9. The first kappa shape index (κ1) is 24.5. The number of ether oxygens (including phenoxy) is 1. The lowest BCUT2D eigenvalue weighted by Crippen LogP contribution is -2.55. The maximum absolute atomic E-state index is 15.3. The van der Waals surface area contributed by atoms with Gasteiger partial charge in [-0.3, -0.25) is 0 Å². The summed E-state index contributed by atoms with van der Waals surface area (Å²) in [7, 11) is -1.94. The number of halogens is 4. The summed E-state index contributed by atoms with van der Waals surface area (Å²) in [5.74, 6) is -4.83. The van der Waals surface area contributed by atoms with Gasteiger partial charge in [0.25, 0.3) is 16.1 Å². The minimum atomic E-state index is -4.30. The Morgan fingerprint density at radius 3 is 2.74 bits per heavy atom. The Hall–Kier alpha value is -2.61. The van der Waals surface area contributed by atoms with Gasteiger partial charge in [0.2, 0.25) is 5.88 Å². The number of pyridine rings is 1. The fourth-order valence-corrected chi connectivity index (χ4v) is 4.81. The normalized spacial score (nSPS) is 22.2. The zero-order chi connectivity index (χ0) is 24.8. The molecule has 1 aromatic heterocycles. The fraction of sp³-hybridized carbons (Fsp3) is 0.400. The standard InChI is InChI=1S/C20H21ClF3N5O4S/c1-28(2)34(31,32)27-17-14-8-11-4-3-5-15(16(11)22)33-18-13(21)7-6-12(26-18)9-25-19(30)29(14)10-20(17,23)24/h3-7,14,17,27H,8-10H2,1-2H3,(H,25,30)/t14-,17+/m0/s1. The molecule has 0 saturated carbocycles. The number of urea groups is 1. The van der Waals surface area contributed by atoms with Crippen molar-refractivity contribution in [3.05, 3.63) is 52.4 Å². The summed E-state index contributed by atoms with van der Waals surface area (Å²) in [4.78, 5) is 17.9. The second-order valence-corrected chi connectivity index (χ2v) is 10.4. The van der Waals surface area contributed by atoms with Crippen molar-refractivity contribution < 1.29 is 31.1 Å². The number of rotatable bonds is 3. The molecular formula is C20H21ClF3N5O4S. The zero-order valence-corrected chi connectivity index (χ0v) is 19.6. The van der Waals surface area contributed by atoms with Crippen molar-refractivity contribution in [1.82, 2.24) is 24.2 Å². The quantitative estimate of drug-likeness (QED) is 0.648. The smallest absolute Gasteiger partial charge is 0.318 e. The molecule has 0 unspecified atom stereocenters. The van der Waals surface area contributed by atoms with Crippen molar-refractivity contribution in [3.63, 3.8) is 0 Å². The molecule has 2 aliphatic heterocycles. The van der Waals surface area contributed by atoms with E-state index < -0.39 is 53.0 Å². The van der Waals surface area contributed by atoms with Crippen LogP contribution in [0.4, 0.5) is 18.0 Å². The van der Waals surface area contributed by atoms with Crippen LogP contribution in [-0.4, -0.2) is 67.3 Å². The molecule has 3 heterocycles. The van der Waals surface area contributed by atoms with Crippen molar-refractivity contribution in [2.75, 3.05) is 20.6 Å². The first-order valence-corrected chi connectivity index (χ1v) is 11.9. The van der Waals surface area contributed by atoms with Gasteiger partial charge in [0.1, 0.15) is 11.1 Å². The number of aromatic nitrogens is 1. The number of carbonyl (C=O) groups excluding carboxylic acids is 1. The van der Waals surface area contributed by atoms with Gasteiger partial charge < -0.3 is 15.0 Å². The van der Waals surface area contributed by atoms with E-state index in [1.54, 1.807) is 0 Å². The summed E-state index contributed by atoms with van der Waals surface area (Å²) in [6, 6.07) is 2.76. The van der Waals surface area contributed by atoms with Crippen molar-refractivity contribution in [1.29, 1.82) is 0 Å². The molecule has 2 aromatic rings. The molecular weight excluding hydrogens is 499 g/mol. The molecule has 2 atom stereocenters. The number of amides is 2. The topological polar surface area (TPSA) is 104 Å². The molecule has 34 heavy (non-hydrogen) atoms. The van der Waals surface area contributed by atoms with Gasteiger partial charge in [0.05, 0.1) is 24.8 Å². The van der Waals surface area contributed by atoms with Gasteiger partial charge in [-0.05, 0) is 30.2 Å². The summed E-state index contributed by atoms with van der Waals surface area (Å²) >= 11 is 6.10. The Kier molecular flexibility index (Phi) is 6.40. The fourth-order valence-electron chi connectivity index (χ4n) is 3.81. The third kappa shape index (κ3) is 4.65. The summed E-state index contributed by atoms with van der Waals surface area (Å²) in [5, 5.41) is 2.60. The lowest BCUT2D eigenvalue weighted by molar-refractivity contribution is -0.00489. The van der Waals surface area contributed by atoms with E-state index in [9.17, 15) is 13.2 Å². The number of fused-ring (bicyclic) bond motifs is 5. The number of hydrogen-bond acceptors (Lipinski definition) is 5. The Morgan fingerprint density at radius 1 is 1.29 bits per heavy atom. The highest BCUT2D eigenvalue weighted by atomic mass is 35.5. The van der Waals surface area contributed by atoms with Crippen molar-refractivity contribution in [2.45, 2.75) is 31.0 Å². The molecule has 9 nitrogen and oxygen atoms in total. The number of nitrogens with zero attached hydrogens (tertiary/aromatic N) is 3. The SMILES string of the molecule is CN(C)S(=O)(=O)N[C@@H]1[C@@H]2Cc3cccc(c3F)Oc3nc(ccc3Cl)CNC(=O)N2CC1(F)F. The van der Waals surface area contributed by atoms with Crippen LogP contribution in [0, 0.1) is 5.82 Å². The molecule has 0 aliphatic carbocycles. The first-order valence-electron chi connectivity index (χ1n) is 10.1. The molecule has 2 N–H and O–H groups in total. The minimum absolute atomic E-state index is 0.0569. The Morgan fingerprint density at radius 2 is 2.03 bits per heavy atom. The zero-order valence-electron chi connectivity index (χ0n) is 18.1. The molecule has 14 heteroatoms. The highest BCUT2D eigenvalue weighted by molar-refractivity contribution is 7.87. The maximum atomic E-state index is 15.3. The van der Waals surface area contributed by atoms with Crippen LogP contribution in [-0.2, 0) is 23.2 Å². The molecule has 1 fully saturated rings. The predicted molar refractivity (Wildman–Crippen MR) is 117 cm³/mol. The van der Waals surface area contributed by atoms with Gasteiger partial charge in [0, 0.05) is 14.1 Å². The largest absolute Gasteiger partial charge is 0.434 e. The highest BCUT2D eigenvalue weighted by Gasteiger charge is 2.57. The molecule has 4 bridgehead atoms. The number of alkyl halides is 2. The van der Waals surface area contributed by atoms with E-state index in [1.165, 1.54) is 44.4 Å². The van der Waals surface area contributed by atoms with Crippen LogP contribution in [0.25, 0.3) is 0 Å². The molecule has 1 saturated heterocycles. The summed E-state index contributed by atoms with van der Waals surface area (Å²) < 4.78 is 78.4. The van der Waals surface area contributed by atoms with Crippen LogP contribution in [0.3, 0.4) is 0 Å². The van der Waals surface area contributed by atoms with E-state index in [0.29, 0.717) is 0 Å². The third-order valence-electron chi connectivity index (χ3n) is 5.61. The van der Waals surface area contributed by atoms with E-state index in [4.69, 9.17) is 16.3 Å². The Balaban J connectivity index is 1.81. The van der Waals surface area contributed by atoms with E-state index in [-0.39, 0.29) is 34.5 Å². The second-order valence-electron chi connectivity index (χ2n) is 8.12. The van der Waals surface area contributed by atoms with Crippen LogP contribution >= 0.6 is 11.6 Å². The molecule has 184 valence electrons.